The number of amides is 1. The van der Waals surface area contributed by atoms with E-state index in [1.165, 1.54) is 12.8 Å². The van der Waals surface area contributed by atoms with Gasteiger partial charge in [-0.2, -0.15) is 0 Å². The first-order valence-electron chi connectivity index (χ1n) is 8.36. The fraction of sp³-hybridized carbons (Fsp3) is 0.647. The molecule has 0 radical (unpaired) electrons. The van der Waals surface area contributed by atoms with Crippen LogP contribution in [0.3, 0.4) is 0 Å². The van der Waals surface area contributed by atoms with E-state index < -0.39 is 0 Å². The van der Waals surface area contributed by atoms with Gasteiger partial charge in [0, 0.05) is 25.8 Å². The number of carbonyl (C=O) groups is 1. The van der Waals surface area contributed by atoms with Crippen molar-refractivity contribution in [3.05, 3.63) is 23.9 Å². The highest BCUT2D eigenvalue weighted by Crippen LogP contribution is 2.26. The second-order valence-corrected chi connectivity index (χ2v) is 6.84. The van der Waals surface area contributed by atoms with E-state index in [0.717, 1.165) is 51.4 Å². The van der Waals surface area contributed by atoms with Crippen LogP contribution in [0.5, 0.6) is 0 Å². The van der Waals surface area contributed by atoms with E-state index in [1.807, 2.05) is 12.1 Å². The first kappa shape index (κ1) is 21.0. The van der Waals surface area contributed by atoms with Crippen molar-refractivity contribution in [3.8, 4) is 0 Å². The topological polar surface area (TPSA) is 57.3 Å². The van der Waals surface area contributed by atoms with Crippen molar-refractivity contribution < 1.29 is 4.79 Å². The second-order valence-electron chi connectivity index (χ2n) is 6.84. The normalized spacial score (nSPS) is 19.1. The van der Waals surface area contributed by atoms with Crippen molar-refractivity contribution in [2.75, 3.05) is 37.6 Å². The van der Waals surface area contributed by atoms with Crippen LogP contribution in [0.15, 0.2) is 18.3 Å². The summed E-state index contributed by atoms with van der Waals surface area (Å²) in [5.41, 5.74) is 0.865. The summed E-state index contributed by atoms with van der Waals surface area (Å²) in [5, 5.41) is 6.44. The first-order valence-corrected chi connectivity index (χ1v) is 8.36. The molecule has 0 aromatic carbocycles. The summed E-state index contributed by atoms with van der Waals surface area (Å²) in [7, 11) is 0. The number of hydrogen-bond donors (Lipinski definition) is 2. The molecule has 0 saturated carbocycles. The molecular formula is C17H28Cl2N4O. The molecule has 0 bridgehead atoms. The van der Waals surface area contributed by atoms with Crippen LogP contribution in [0.25, 0.3) is 0 Å². The van der Waals surface area contributed by atoms with Gasteiger partial charge in [0.2, 0.25) is 0 Å². The molecule has 2 aliphatic heterocycles. The van der Waals surface area contributed by atoms with Crippen LogP contribution in [-0.4, -0.2) is 43.6 Å². The fourth-order valence-electron chi connectivity index (χ4n) is 3.26. The molecule has 3 rings (SSSR count). The lowest BCUT2D eigenvalue weighted by Crippen LogP contribution is -2.42. The maximum atomic E-state index is 12.3. The predicted molar refractivity (Wildman–Crippen MR) is 103 cm³/mol. The summed E-state index contributed by atoms with van der Waals surface area (Å²) in [6.45, 7) is 7.22. The van der Waals surface area contributed by atoms with Gasteiger partial charge >= 0.3 is 0 Å². The number of rotatable bonds is 4. The molecule has 136 valence electrons. The monoisotopic (exact) mass is 374 g/mol. The van der Waals surface area contributed by atoms with Gasteiger partial charge in [0.25, 0.3) is 5.91 Å². The minimum Gasteiger partial charge on any atom is -0.357 e. The quantitative estimate of drug-likeness (QED) is 0.850. The van der Waals surface area contributed by atoms with Crippen molar-refractivity contribution >= 4 is 36.5 Å². The Morgan fingerprint density at radius 3 is 2.50 bits per heavy atom. The van der Waals surface area contributed by atoms with Crippen LogP contribution in [0.1, 0.15) is 43.0 Å². The lowest BCUT2D eigenvalue weighted by Gasteiger charge is -2.34. The molecule has 0 atom stereocenters. The number of pyridine rings is 1. The van der Waals surface area contributed by atoms with Gasteiger partial charge in [-0.3, -0.25) is 4.79 Å². The van der Waals surface area contributed by atoms with Crippen molar-refractivity contribution in [1.82, 2.24) is 15.6 Å². The lowest BCUT2D eigenvalue weighted by molar-refractivity contribution is 0.0922. The van der Waals surface area contributed by atoms with Gasteiger partial charge < -0.3 is 15.5 Å². The number of carbonyl (C=O) groups excluding carboxylic acids is 1. The molecule has 0 aliphatic carbocycles. The largest absolute Gasteiger partial charge is 0.357 e. The summed E-state index contributed by atoms with van der Waals surface area (Å²) >= 11 is 0. The minimum atomic E-state index is -0.0137. The molecular weight excluding hydrogens is 347 g/mol. The second kappa shape index (κ2) is 9.44. The van der Waals surface area contributed by atoms with Gasteiger partial charge in [0.15, 0.2) is 0 Å². The van der Waals surface area contributed by atoms with E-state index in [2.05, 4.69) is 27.4 Å². The van der Waals surface area contributed by atoms with Crippen molar-refractivity contribution in [1.29, 1.82) is 0 Å². The third kappa shape index (κ3) is 5.23. The number of piperidine rings is 1. The van der Waals surface area contributed by atoms with Crippen molar-refractivity contribution in [3.63, 3.8) is 0 Å². The third-order valence-corrected chi connectivity index (χ3v) is 4.93. The van der Waals surface area contributed by atoms with Crippen LogP contribution in [-0.2, 0) is 0 Å². The molecule has 2 N–H and O–H groups in total. The molecule has 1 aromatic rings. The third-order valence-electron chi connectivity index (χ3n) is 4.93. The van der Waals surface area contributed by atoms with Crippen LogP contribution < -0.4 is 15.5 Å². The Labute approximate surface area is 156 Å². The van der Waals surface area contributed by atoms with E-state index in [-0.39, 0.29) is 36.1 Å². The molecule has 24 heavy (non-hydrogen) atoms. The number of hydrogen-bond acceptors (Lipinski definition) is 4. The molecule has 2 fully saturated rings. The smallest absolute Gasteiger partial charge is 0.252 e. The molecule has 1 amide bonds. The van der Waals surface area contributed by atoms with Gasteiger partial charge in [-0.15, -0.1) is 24.8 Å². The summed E-state index contributed by atoms with van der Waals surface area (Å²) < 4.78 is 0. The number of nitrogens with zero attached hydrogens (tertiary/aromatic N) is 2. The van der Waals surface area contributed by atoms with Gasteiger partial charge in [0.05, 0.1) is 5.56 Å². The van der Waals surface area contributed by atoms with Crippen LogP contribution in [0.4, 0.5) is 5.82 Å². The van der Waals surface area contributed by atoms with Gasteiger partial charge in [-0.05, 0) is 56.3 Å². The van der Waals surface area contributed by atoms with E-state index in [1.54, 1.807) is 6.20 Å². The average Bonchev–Trinajstić information content (AvgIpc) is 3.08. The molecule has 3 heterocycles. The summed E-state index contributed by atoms with van der Waals surface area (Å²) in [5.74, 6) is 0.972. The van der Waals surface area contributed by atoms with Crippen molar-refractivity contribution in [2.24, 2.45) is 5.41 Å². The molecule has 0 spiro atoms. The molecule has 2 saturated heterocycles. The zero-order valence-electron chi connectivity index (χ0n) is 14.2. The Kier molecular flexibility index (Phi) is 8.27. The number of halogens is 2. The van der Waals surface area contributed by atoms with E-state index >= 15 is 0 Å². The summed E-state index contributed by atoms with van der Waals surface area (Å²) in [6.07, 6.45) is 6.39. The average molecular weight is 375 g/mol. The lowest BCUT2D eigenvalue weighted by atomic mass is 9.81. The van der Waals surface area contributed by atoms with Crippen LogP contribution >= 0.6 is 24.8 Å². The SMILES string of the molecule is CC1(CNC(=O)c2ccc(N3CCCC3)nc2)CCNCC1.Cl.Cl. The highest BCUT2D eigenvalue weighted by molar-refractivity contribution is 5.94. The Morgan fingerprint density at radius 2 is 1.92 bits per heavy atom. The van der Waals surface area contributed by atoms with Gasteiger partial charge in [-0.25, -0.2) is 4.98 Å². The Balaban J connectivity index is 0.00000144. The molecule has 5 nitrogen and oxygen atoms in total. The number of anilines is 1. The zero-order valence-corrected chi connectivity index (χ0v) is 15.8. The van der Waals surface area contributed by atoms with E-state index in [4.69, 9.17) is 0 Å². The minimum absolute atomic E-state index is 0. The van der Waals surface area contributed by atoms with E-state index in [9.17, 15) is 4.79 Å². The fourth-order valence-corrected chi connectivity index (χ4v) is 3.26. The maximum absolute atomic E-state index is 12.3. The molecule has 1 aromatic heterocycles. The van der Waals surface area contributed by atoms with Crippen LogP contribution in [0.2, 0.25) is 0 Å². The number of aromatic nitrogens is 1. The Bertz CT molecular complexity index is 512. The highest BCUT2D eigenvalue weighted by Gasteiger charge is 2.27. The standard InChI is InChI=1S/C17H26N4O.2ClH/c1-17(6-8-18-9-7-17)13-20-16(22)14-4-5-15(19-12-14)21-10-2-3-11-21;;/h4-5,12,18H,2-3,6-11,13H2,1H3,(H,20,22);2*1H. The van der Waals surface area contributed by atoms with Gasteiger partial charge in [0.1, 0.15) is 5.82 Å². The molecule has 7 heteroatoms. The van der Waals surface area contributed by atoms with Crippen molar-refractivity contribution in [2.45, 2.75) is 32.6 Å². The van der Waals surface area contributed by atoms with E-state index in [0.29, 0.717) is 5.56 Å². The predicted octanol–water partition coefficient (Wildman–Crippen LogP) is 2.64. The Morgan fingerprint density at radius 1 is 1.25 bits per heavy atom. The molecule has 2 aliphatic rings. The van der Waals surface area contributed by atoms with Crippen LogP contribution in [0, 0.1) is 5.41 Å². The highest BCUT2D eigenvalue weighted by atomic mass is 35.5. The summed E-state index contributed by atoms with van der Waals surface area (Å²) in [6, 6.07) is 3.85. The zero-order chi connectivity index (χ0) is 15.4. The Hall–Kier alpha value is -1.04. The maximum Gasteiger partial charge on any atom is 0.252 e. The van der Waals surface area contributed by atoms with Gasteiger partial charge in [-0.1, -0.05) is 6.92 Å². The first-order chi connectivity index (χ1) is 10.7. The summed E-state index contributed by atoms with van der Waals surface area (Å²) in [4.78, 5) is 19.0. The number of nitrogens with one attached hydrogen (secondary N) is 2. The molecule has 0 unspecified atom stereocenters.